The lowest BCUT2D eigenvalue weighted by molar-refractivity contribution is -0.122. The number of rotatable bonds is 5. The van der Waals surface area contributed by atoms with Crippen molar-refractivity contribution in [1.29, 1.82) is 0 Å². The van der Waals surface area contributed by atoms with Crippen LogP contribution in [0.2, 0.25) is 0 Å². The zero-order valence-corrected chi connectivity index (χ0v) is 13.0. The third-order valence-electron chi connectivity index (χ3n) is 4.15. The molecule has 1 unspecified atom stereocenters. The van der Waals surface area contributed by atoms with E-state index in [1.54, 1.807) is 0 Å². The summed E-state index contributed by atoms with van der Waals surface area (Å²) in [6.45, 7) is 0. The number of anilines is 1. The van der Waals surface area contributed by atoms with Crippen LogP contribution in [0.4, 0.5) is 5.69 Å². The number of carbonyl (C=O) groups excluding carboxylic acids is 1. The number of fused-ring (bicyclic) bond motifs is 1. The largest absolute Gasteiger partial charge is 0.370 e. The van der Waals surface area contributed by atoms with Crippen molar-refractivity contribution >= 4 is 22.6 Å². The lowest BCUT2D eigenvalue weighted by Gasteiger charge is -2.20. The molecule has 1 atom stereocenters. The first-order chi connectivity index (χ1) is 11.7. The van der Waals surface area contributed by atoms with Crippen LogP contribution in [0, 0.1) is 0 Å². The number of H-pyrrole nitrogens is 2. The van der Waals surface area contributed by atoms with Gasteiger partial charge >= 0.3 is 5.69 Å². The van der Waals surface area contributed by atoms with Gasteiger partial charge in [-0.15, -0.1) is 0 Å². The van der Waals surface area contributed by atoms with Gasteiger partial charge in [0.05, 0.1) is 11.0 Å². The first-order valence-corrected chi connectivity index (χ1v) is 8.03. The second-order valence-corrected chi connectivity index (χ2v) is 6.11. The van der Waals surface area contributed by atoms with E-state index in [0.29, 0.717) is 11.6 Å². The fraction of sp³-hybridized carbons (Fsp3) is 0.222. The molecule has 0 aliphatic heterocycles. The molecule has 6 nitrogen and oxygen atoms in total. The van der Waals surface area contributed by atoms with Crippen LogP contribution in [-0.2, 0) is 4.79 Å². The molecule has 0 bridgehead atoms. The van der Waals surface area contributed by atoms with Gasteiger partial charge in [0, 0.05) is 11.7 Å². The molecule has 1 saturated carbocycles. The maximum atomic E-state index is 12.6. The Balaban J connectivity index is 1.64. The minimum atomic E-state index is -0.477. The van der Waals surface area contributed by atoms with Crippen molar-refractivity contribution in [3.63, 3.8) is 0 Å². The first-order valence-electron chi connectivity index (χ1n) is 8.03. The van der Waals surface area contributed by atoms with Crippen LogP contribution >= 0.6 is 0 Å². The van der Waals surface area contributed by atoms with Gasteiger partial charge in [-0.3, -0.25) is 4.79 Å². The molecule has 6 heteroatoms. The number of hydrogen-bond donors (Lipinski definition) is 4. The van der Waals surface area contributed by atoms with Crippen molar-refractivity contribution in [2.24, 2.45) is 0 Å². The average Bonchev–Trinajstić information content (AvgIpc) is 3.31. The lowest BCUT2D eigenvalue weighted by Crippen LogP contribution is -2.34. The smallest absolute Gasteiger partial charge is 0.323 e. The molecule has 1 aliphatic rings. The maximum absolute atomic E-state index is 12.6. The summed E-state index contributed by atoms with van der Waals surface area (Å²) in [5.41, 5.74) is 2.88. The number of imidazole rings is 1. The quantitative estimate of drug-likeness (QED) is 0.581. The van der Waals surface area contributed by atoms with Crippen LogP contribution < -0.4 is 16.3 Å². The Morgan fingerprint density at radius 3 is 2.54 bits per heavy atom. The minimum absolute atomic E-state index is 0.0358. The fourth-order valence-electron chi connectivity index (χ4n) is 2.75. The molecule has 0 saturated heterocycles. The molecule has 3 aromatic rings. The Labute approximate surface area is 138 Å². The van der Waals surface area contributed by atoms with E-state index >= 15 is 0 Å². The molecule has 24 heavy (non-hydrogen) atoms. The number of hydrogen-bond acceptors (Lipinski definition) is 3. The van der Waals surface area contributed by atoms with Crippen LogP contribution in [0.15, 0.2) is 53.3 Å². The van der Waals surface area contributed by atoms with Gasteiger partial charge in [-0.1, -0.05) is 30.3 Å². The van der Waals surface area contributed by atoms with Crippen LogP contribution in [-0.4, -0.2) is 21.9 Å². The molecule has 1 aliphatic carbocycles. The minimum Gasteiger partial charge on any atom is -0.370 e. The highest BCUT2D eigenvalue weighted by molar-refractivity contribution is 5.87. The predicted octanol–water partition coefficient (Wildman–Crippen LogP) is 2.29. The number of benzene rings is 2. The summed E-state index contributed by atoms with van der Waals surface area (Å²) in [6.07, 6.45) is 2.09. The van der Waals surface area contributed by atoms with E-state index in [-0.39, 0.29) is 11.6 Å². The van der Waals surface area contributed by atoms with Crippen molar-refractivity contribution in [1.82, 2.24) is 15.3 Å². The molecular weight excluding hydrogens is 304 g/mol. The van der Waals surface area contributed by atoms with E-state index in [1.807, 2.05) is 48.5 Å². The first kappa shape index (κ1) is 14.6. The van der Waals surface area contributed by atoms with E-state index in [0.717, 1.165) is 29.6 Å². The third-order valence-corrected chi connectivity index (χ3v) is 4.15. The van der Waals surface area contributed by atoms with E-state index in [1.165, 1.54) is 0 Å². The van der Waals surface area contributed by atoms with E-state index in [4.69, 9.17) is 0 Å². The van der Waals surface area contributed by atoms with Gasteiger partial charge in [-0.2, -0.15) is 0 Å². The molecular formula is C18H18N4O2. The highest BCUT2D eigenvalue weighted by Crippen LogP contribution is 2.25. The van der Waals surface area contributed by atoms with E-state index < -0.39 is 6.04 Å². The Hall–Kier alpha value is -3.02. The summed E-state index contributed by atoms with van der Waals surface area (Å²) < 4.78 is 0. The van der Waals surface area contributed by atoms with Gasteiger partial charge in [-0.25, -0.2) is 4.79 Å². The number of carbonyl (C=O) groups is 1. The second kappa shape index (κ2) is 5.88. The Morgan fingerprint density at radius 2 is 1.79 bits per heavy atom. The van der Waals surface area contributed by atoms with Crippen LogP contribution in [0.3, 0.4) is 0 Å². The number of amides is 1. The standard InChI is InChI=1S/C18H18N4O2/c23-17(20-12-6-7-12)16(11-4-2-1-3-5-11)19-13-8-9-14-15(10-13)22-18(24)21-14/h1-5,8-10,12,16,19H,6-7H2,(H,20,23)(H2,21,22,24). The Kier molecular flexibility index (Phi) is 3.57. The summed E-state index contributed by atoms with van der Waals surface area (Å²) in [5, 5.41) is 6.33. The summed E-state index contributed by atoms with van der Waals surface area (Å²) in [7, 11) is 0. The average molecular weight is 322 g/mol. The monoisotopic (exact) mass is 322 g/mol. The number of aromatic nitrogens is 2. The van der Waals surface area contributed by atoms with Gasteiger partial charge in [-0.05, 0) is 36.6 Å². The van der Waals surface area contributed by atoms with Crippen molar-refractivity contribution in [3.05, 3.63) is 64.6 Å². The Morgan fingerprint density at radius 1 is 1.04 bits per heavy atom. The zero-order chi connectivity index (χ0) is 16.5. The van der Waals surface area contributed by atoms with Crippen molar-refractivity contribution in [2.45, 2.75) is 24.9 Å². The predicted molar refractivity (Wildman–Crippen MR) is 92.9 cm³/mol. The number of nitrogens with one attached hydrogen (secondary N) is 4. The maximum Gasteiger partial charge on any atom is 0.323 e. The number of aromatic amines is 2. The topological polar surface area (TPSA) is 89.8 Å². The molecule has 122 valence electrons. The molecule has 4 rings (SSSR count). The zero-order valence-electron chi connectivity index (χ0n) is 13.0. The van der Waals surface area contributed by atoms with Gasteiger partial charge in [0.1, 0.15) is 6.04 Å². The van der Waals surface area contributed by atoms with Crippen molar-refractivity contribution in [3.8, 4) is 0 Å². The molecule has 1 amide bonds. The molecule has 0 spiro atoms. The summed E-state index contributed by atoms with van der Waals surface area (Å²) >= 11 is 0. The summed E-state index contributed by atoms with van der Waals surface area (Å²) in [4.78, 5) is 29.5. The second-order valence-electron chi connectivity index (χ2n) is 6.11. The molecule has 0 radical (unpaired) electrons. The Bertz CT molecular complexity index is 925. The SMILES string of the molecule is O=C(NC1CC1)C(Nc1ccc2[nH]c(=O)[nH]c2c1)c1ccccc1. The van der Waals surface area contributed by atoms with E-state index in [2.05, 4.69) is 20.6 Å². The lowest BCUT2D eigenvalue weighted by atomic mass is 10.1. The highest BCUT2D eigenvalue weighted by atomic mass is 16.2. The molecule has 2 aromatic carbocycles. The molecule has 1 fully saturated rings. The van der Waals surface area contributed by atoms with Gasteiger partial charge < -0.3 is 20.6 Å². The third kappa shape index (κ3) is 3.03. The van der Waals surface area contributed by atoms with Crippen molar-refractivity contribution < 1.29 is 4.79 Å². The van der Waals surface area contributed by atoms with Gasteiger partial charge in [0.15, 0.2) is 0 Å². The summed E-state index contributed by atoms with van der Waals surface area (Å²) in [5.74, 6) is -0.0358. The van der Waals surface area contributed by atoms with Crippen LogP contribution in [0.1, 0.15) is 24.4 Å². The highest BCUT2D eigenvalue weighted by Gasteiger charge is 2.28. The summed E-state index contributed by atoms with van der Waals surface area (Å²) in [6, 6.07) is 14.9. The van der Waals surface area contributed by atoms with E-state index in [9.17, 15) is 9.59 Å². The normalized spacial score (nSPS) is 15.2. The van der Waals surface area contributed by atoms with Gasteiger partial charge in [0.25, 0.3) is 0 Å². The van der Waals surface area contributed by atoms with Crippen molar-refractivity contribution in [2.75, 3.05) is 5.32 Å². The van der Waals surface area contributed by atoms with Gasteiger partial charge in [0.2, 0.25) is 5.91 Å². The molecule has 1 heterocycles. The van der Waals surface area contributed by atoms with Crippen LogP contribution in [0.5, 0.6) is 0 Å². The fourth-order valence-corrected chi connectivity index (χ4v) is 2.75. The molecule has 1 aromatic heterocycles. The molecule has 4 N–H and O–H groups in total. The van der Waals surface area contributed by atoms with Crippen LogP contribution in [0.25, 0.3) is 11.0 Å².